The van der Waals surface area contributed by atoms with Gasteiger partial charge in [-0.05, 0) is 57.2 Å². The van der Waals surface area contributed by atoms with Crippen LogP contribution in [0.4, 0.5) is 5.69 Å². The zero-order chi connectivity index (χ0) is 13.3. The van der Waals surface area contributed by atoms with E-state index in [1.54, 1.807) is 0 Å². The summed E-state index contributed by atoms with van der Waals surface area (Å²) in [5.41, 5.74) is 7.33. The van der Waals surface area contributed by atoms with Crippen molar-refractivity contribution in [3.05, 3.63) is 29.8 Å². The molecule has 3 nitrogen and oxygen atoms in total. The summed E-state index contributed by atoms with van der Waals surface area (Å²) in [4.78, 5) is 12.3. The average Bonchev–Trinajstić information content (AvgIpc) is 3.11. The van der Waals surface area contributed by atoms with Crippen LogP contribution in [-0.4, -0.2) is 11.4 Å². The Bertz CT molecular complexity index is 450. The lowest BCUT2D eigenvalue weighted by Crippen LogP contribution is -2.46. The second-order valence-electron chi connectivity index (χ2n) is 5.88. The van der Waals surface area contributed by atoms with Gasteiger partial charge in [0.25, 0.3) is 0 Å². The molecule has 0 heterocycles. The molecule has 1 aliphatic carbocycles. The third kappa shape index (κ3) is 2.84. The van der Waals surface area contributed by atoms with Gasteiger partial charge in [0, 0.05) is 11.2 Å². The first-order valence-electron chi connectivity index (χ1n) is 6.57. The van der Waals surface area contributed by atoms with Gasteiger partial charge in [-0.1, -0.05) is 12.1 Å². The minimum absolute atomic E-state index is 0.0810. The van der Waals surface area contributed by atoms with Crippen molar-refractivity contribution < 1.29 is 4.79 Å². The molecule has 1 amide bonds. The molecule has 3 N–H and O–H groups in total. The average molecular weight is 246 g/mol. The molecule has 0 saturated heterocycles. The third-order valence-corrected chi connectivity index (χ3v) is 3.85. The molecular formula is C15H22N2O. The van der Waals surface area contributed by atoms with Crippen molar-refractivity contribution in [2.75, 3.05) is 5.73 Å². The van der Waals surface area contributed by atoms with E-state index in [-0.39, 0.29) is 17.4 Å². The van der Waals surface area contributed by atoms with Crippen LogP contribution in [0.5, 0.6) is 0 Å². The topological polar surface area (TPSA) is 55.1 Å². The van der Waals surface area contributed by atoms with Crippen LogP contribution < -0.4 is 11.1 Å². The van der Waals surface area contributed by atoms with Crippen LogP contribution >= 0.6 is 0 Å². The maximum Gasteiger partial charge on any atom is 0.227 e. The molecule has 3 heteroatoms. The number of carbonyl (C=O) groups excluding carboxylic acids is 1. The second kappa shape index (κ2) is 4.63. The van der Waals surface area contributed by atoms with Crippen LogP contribution in [0, 0.1) is 5.92 Å². The van der Waals surface area contributed by atoms with Crippen LogP contribution in [-0.2, 0) is 4.79 Å². The van der Waals surface area contributed by atoms with E-state index in [9.17, 15) is 4.79 Å². The van der Waals surface area contributed by atoms with Crippen LogP contribution in [0.2, 0.25) is 0 Å². The number of amides is 1. The molecular weight excluding hydrogens is 224 g/mol. The van der Waals surface area contributed by atoms with Gasteiger partial charge in [-0.2, -0.15) is 0 Å². The minimum atomic E-state index is -0.161. The zero-order valence-corrected chi connectivity index (χ0v) is 11.4. The molecule has 0 bridgehead atoms. The lowest BCUT2D eigenvalue weighted by atomic mass is 9.95. The van der Waals surface area contributed by atoms with Crippen LogP contribution in [0.25, 0.3) is 0 Å². The Morgan fingerprint density at radius 2 is 2.11 bits per heavy atom. The first-order valence-corrected chi connectivity index (χ1v) is 6.57. The van der Waals surface area contributed by atoms with Gasteiger partial charge < -0.3 is 11.1 Å². The fourth-order valence-corrected chi connectivity index (χ4v) is 2.31. The zero-order valence-electron chi connectivity index (χ0n) is 11.4. The van der Waals surface area contributed by atoms with Gasteiger partial charge >= 0.3 is 0 Å². The molecule has 0 aromatic heterocycles. The Balaban J connectivity index is 2.04. The highest BCUT2D eigenvalue weighted by molar-refractivity contribution is 5.84. The number of nitrogens with one attached hydrogen (secondary N) is 1. The molecule has 1 aromatic rings. The number of carbonyl (C=O) groups is 1. The Kier molecular flexibility index (Phi) is 3.33. The Labute approximate surface area is 109 Å². The fraction of sp³-hybridized carbons (Fsp3) is 0.533. The molecule has 1 saturated carbocycles. The number of rotatable bonds is 4. The van der Waals surface area contributed by atoms with Gasteiger partial charge in [-0.3, -0.25) is 4.79 Å². The monoisotopic (exact) mass is 246 g/mol. The molecule has 98 valence electrons. The number of benzene rings is 1. The summed E-state index contributed by atoms with van der Waals surface area (Å²) in [6.07, 6.45) is 2.44. The maximum absolute atomic E-state index is 12.3. The summed E-state index contributed by atoms with van der Waals surface area (Å²) < 4.78 is 0. The van der Waals surface area contributed by atoms with Crippen molar-refractivity contribution >= 4 is 11.6 Å². The molecule has 0 spiro atoms. The van der Waals surface area contributed by atoms with Crippen molar-refractivity contribution in [2.24, 2.45) is 5.92 Å². The summed E-state index contributed by atoms with van der Waals surface area (Å²) in [7, 11) is 0. The lowest BCUT2D eigenvalue weighted by Gasteiger charge is -2.28. The normalized spacial score (nSPS) is 17.3. The summed E-state index contributed by atoms with van der Waals surface area (Å²) >= 11 is 0. The Morgan fingerprint density at radius 3 is 2.67 bits per heavy atom. The molecule has 1 fully saturated rings. The molecule has 1 unspecified atom stereocenters. The standard InChI is InChI=1S/C15H22N2O/c1-10(11-5-4-6-13(16)9-11)14(18)17-15(2,3)12-7-8-12/h4-6,9-10,12H,7-8,16H2,1-3H3,(H,17,18). The Morgan fingerprint density at radius 1 is 1.44 bits per heavy atom. The van der Waals surface area contributed by atoms with E-state index in [2.05, 4.69) is 19.2 Å². The van der Waals surface area contributed by atoms with Crippen molar-refractivity contribution in [3.8, 4) is 0 Å². The highest BCUT2D eigenvalue weighted by atomic mass is 16.2. The highest BCUT2D eigenvalue weighted by Gasteiger charge is 2.39. The van der Waals surface area contributed by atoms with Crippen molar-refractivity contribution in [1.29, 1.82) is 0 Å². The number of nitrogens with two attached hydrogens (primary N) is 1. The van der Waals surface area contributed by atoms with E-state index in [4.69, 9.17) is 5.73 Å². The molecule has 18 heavy (non-hydrogen) atoms. The van der Waals surface area contributed by atoms with Gasteiger partial charge in [-0.25, -0.2) is 0 Å². The van der Waals surface area contributed by atoms with Crippen LogP contribution in [0.3, 0.4) is 0 Å². The molecule has 1 aliphatic rings. The predicted octanol–water partition coefficient (Wildman–Crippen LogP) is 2.68. The molecule has 0 aliphatic heterocycles. The quantitative estimate of drug-likeness (QED) is 0.802. The third-order valence-electron chi connectivity index (χ3n) is 3.85. The first kappa shape index (κ1) is 12.9. The molecule has 2 rings (SSSR count). The molecule has 1 aromatic carbocycles. The summed E-state index contributed by atoms with van der Waals surface area (Å²) in [5.74, 6) is 0.554. The molecule has 1 atom stereocenters. The number of hydrogen-bond acceptors (Lipinski definition) is 2. The highest BCUT2D eigenvalue weighted by Crippen LogP contribution is 2.39. The van der Waals surface area contributed by atoms with Crippen molar-refractivity contribution in [1.82, 2.24) is 5.32 Å². The van der Waals surface area contributed by atoms with Crippen LogP contribution in [0.1, 0.15) is 45.1 Å². The van der Waals surface area contributed by atoms with Crippen LogP contribution in [0.15, 0.2) is 24.3 Å². The summed E-state index contributed by atoms with van der Waals surface area (Å²) in [5, 5.41) is 3.16. The van der Waals surface area contributed by atoms with Crippen molar-refractivity contribution in [3.63, 3.8) is 0 Å². The SMILES string of the molecule is CC(C(=O)NC(C)(C)C1CC1)c1cccc(N)c1. The van der Waals surface area contributed by atoms with Gasteiger partial charge in [0.05, 0.1) is 5.92 Å². The lowest BCUT2D eigenvalue weighted by molar-refractivity contribution is -0.124. The van der Waals surface area contributed by atoms with E-state index in [1.807, 2.05) is 31.2 Å². The van der Waals surface area contributed by atoms with E-state index in [1.165, 1.54) is 12.8 Å². The number of anilines is 1. The van der Waals surface area contributed by atoms with Gasteiger partial charge in [-0.15, -0.1) is 0 Å². The number of nitrogen functional groups attached to an aromatic ring is 1. The van der Waals surface area contributed by atoms with Gasteiger partial charge in [0.2, 0.25) is 5.91 Å². The van der Waals surface area contributed by atoms with E-state index in [0.717, 1.165) is 5.56 Å². The van der Waals surface area contributed by atoms with E-state index < -0.39 is 0 Å². The van der Waals surface area contributed by atoms with Gasteiger partial charge in [0.15, 0.2) is 0 Å². The second-order valence-corrected chi connectivity index (χ2v) is 5.88. The molecule has 0 radical (unpaired) electrons. The fourth-order valence-electron chi connectivity index (χ4n) is 2.31. The van der Waals surface area contributed by atoms with E-state index in [0.29, 0.717) is 11.6 Å². The Hall–Kier alpha value is -1.51. The smallest absolute Gasteiger partial charge is 0.227 e. The summed E-state index contributed by atoms with van der Waals surface area (Å²) in [6, 6.07) is 7.54. The van der Waals surface area contributed by atoms with E-state index >= 15 is 0 Å². The maximum atomic E-state index is 12.3. The van der Waals surface area contributed by atoms with Crippen molar-refractivity contribution in [2.45, 2.75) is 45.1 Å². The number of hydrogen-bond donors (Lipinski definition) is 2. The van der Waals surface area contributed by atoms with Gasteiger partial charge in [0.1, 0.15) is 0 Å². The predicted molar refractivity (Wildman–Crippen MR) is 74.2 cm³/mol. The minimum Gasteiger partial charge on any atom is -0.399 e. The summed E-state index contributed by atoms with van der Waals surface area (Å²) in [6.45, 7) is 6.14. The largest absolute Gasteiger partial charge is 0.399 e. The first-order chi connectivity index (χ1) is 8.40.